The number of carbonyl (C=O) groups excluding carboxylic acids is 3. The van der Waals surface area contributed by atoms with Crippen LogP contribution in [0.4, 0.5) is 0 Å². The Balaban J connectivity index is 1.87. The number of ketones is 1. The first-order chi connectivity index (χ1) is 21.8. The third-order valence-electron chi connectivity index (χ3n) is 9.68. The molecule has 0 saturated heterocycles. The predicted octanol–water partition coefficient (Wildman–Crippen LogP) is 6.20. The molecule has 0 saturated carbocycles. The number of fused-ring (bicyclic) bond motifs is 8. The molecule has 3 aliphatic heterocycles. The molecule has 3 aliphatic rings. The summed E-state index contributed by atoms with van der Waals surface area (Å²) in [5.41, 5.74) is 9.76. The van der Waals surface area contributed by atoms with E-state index in [1.165, 1.54) is 6.92 Å². The smallest absolute Gasteiger partial charge is 0.384 e. The molecule has 0 spiro atoms. The van der Waals surface area contributed by atoms with Crippen LogP contribution in [0, 0.1) is 13.8 Å². The molecule has 3 aromatic heterocycles. The fraction of sp³-hybridized carbons (Fsp3) is 0.361. The van der Waals surface area contributed by atoms with Gasteiger partial charge in [0, 0.05) is 51.6 Å². The molecular weight excluding hydrogens is 584 g/mol. The highest BCUT2D eigenvalue weighted by molar-refractivity contribution is 6.27. The van der Waals surface area contributed by atoms with Crippen molar-refractivity contribution in [2.45, 2.75) is 78.4 Å². The van der Waals surface area contributed by atoms with E-state index in [4.69, 9.17) is 19.4 Å². The van der Waals surface area contributed by atoms with Crippen molar-refractivity contribution in [1.82, 2.24) is 19.9 Å². The monoisotopic (exact) mass is 622 g/mol. The lowest BCUT2D eigenvalue weighted by Crippen LogP contribution is -2.46. The Morgan fingerprint density at radius 1 is 1.09 bits per heavy atom. The van der Waals surface area contributed by atoms with Gasteiger partial charge in [-0.15, -0.1) is 0 Å². The van der Waals surface area contributed by atoms with Crippen LogP contribution in [-0.2, 0) is 36.1 Å². The Labute approximate surface area is 266 Å². The lowest BCUT2D eigenvalue weighted by atomic mass is 9.82. The van der Waals surface area contributed by atoms with Crippen LogP contribution in [0.15, 0.2) is 24.8 Å². The van der Waals surface area contributed by atoms with Crippen LogP contribution in [0.5, 0.6) is 0 Å². The van der Waals surface area contributed by atoms with E-state index in [0.717, 1.165) is 57.9 Å². The fourth-order valence-electron chi connectivity index (χ4n) is 7.03. The second kappa shape index (κ2) is 11.2. The Hall–Kier alpha value is -4.83. The van der Waals surface area contributed by atoms with Crippen molar-refractivity contribution in [3.05, 3.63) is 75.4 Å². The number of cyclic esters (lactones) is 1. The van der Waals surface area contributed by atoms with Crippen LogP contribution < -0.4 is 0 Å². The molecule has 6 rings (SSSR count). The SMILES string of the molecule is C=Cc1c(C)c2cc3nc(c4c5nc(cc6[nH]c(cc1[nH]2)c(C)c6CC)C(C)=C5C(=O)O[C@]4(O)C(=O)OC)[C@@H](CCC(C)=O)[C@@H]3C. The number of hydrogen-bond donors (Lipinski definition) is 3. The second-order valence-electron chi connectivity index (χ2n) is 12.3. The van der Waals surface area contributed by atoms with Crippen LogP contribution in [0.2, 0.25) is 0 Å². The molecule has 0 unspecified atom stereocenters. The largest absolute Gasteiger partial charge is 0.464 e. The highest BCUT2D eigenvalue weighted by Crippen LogP contribution is 2.49. The summed E-state index contributed by atoms with van der Waals surface area (Å²) in [7, 11) is 1.11. The number of ether oxygens (including phenoxy) is 2. The zero-order valence-corrected chi connectivity index (χ0v) is 27.2. The molecule has 0 amide bonds. The number of carbonyl (C=O) groups is 3. The summed E-state index contributed by atoms with van der Waals surface area (Å²) >= 11 is 0. The summed E-state index contributed by atoms with van der Waals surface area (Å²) in [4.78, 5) is 56.0. The molecule has 8 bridgehead atoms. The number of nitrogens with zero attached hydrogens (tertiary/aromatic N) is 2. The Morgan fingerprint density at radius 3 is 2.43 bits per heavy atom. The van der Waals surface area contributed by atoms with Crippen molar-refractivity contribution in [3.8, 4) is 0 Å². The summed E-state index contributed by atoms with van der Waals surface area (Å²) in [5, 5.41) is 11.9. The van der Waals surface area contributed by atoms with Gasteiger partial charge in [-0.25, -0.2) is 14.6 Å². The number of esters is 2. The van der Waals surface area contributed by atoms with Crippen LogP contribution >= 0.6 is 0 Å². The van der Waals surface area contributed by atoms with Crippen molar-refractivity contribution in [3.63, 3.8) is 0 Å². The zero-order chi connectivity index (χ0) is 33.2. The number of aliphatic hydroxyl groups is 1. The van der Waals surface area contributed by atoms with E-state index in [2.05, 4.69) is 36.5 Å². The molecule has 10 nitrogen and oxygen atoms in total. The maximum absolute atomic E-state index is 13.5. The number of aryl methyl sites for hydroxylation is 3. The van der Waals surface area contributed by atoms with Gasteiger partial charge in [-0.2, -0.15) is 0 Å². The quantitative estimate of drug-likeness (QED) is 0.275. The van der Waals surface area contributed by atoms with Gasteiger partial charge in [0.2, 0.25) is 0 Å². The van der Waals surface area contributed by atoms with Crippen LogP contribution in [-0.4, -0.2) is 49.9 Å². The minimum Gasteiger partial charge on any atom is -0.464 e. The van der Waals surface area contributed by atoms with Crippen molar-refractivity contribution < 1.29 is 29.0 Å². The molecule has 46 heavy (non-hydrogen) atoms. The van der Waals surface area contributed by atoms with Crippen molar-refractivity contribution >= 4 is 57.0 Å². The van der Waals surface area contributed by atoms with Crippen molar-refractivity contribution in [1.29, 1.82) is 0 Å². The van der Waals surface area contributed by atoms with E-state index in [1.807, 2.05) is 32.1 Å². The van der Waals surface area contributed by atoms with Crippen molar-refractivity contribution in [2.75, 3.05) is 7.11 Å². The Kier molecular flexibility index (Phi) is 7.59. The summed E-state index contributed by atoms with van der Waals surface area (Å²) in [6.45, 7) is 15.5. The molecule has 3 atom stereocenters. The number of rotatable bonds is 6. The summed E-state index contributed by atoms with van der Waals surface area (Å²) < 4.78 is 10.5. The number of H-pyrrole nitrogens is 2. The van der Waals surface area contributed by atoms with Gasteiger partial charge >= 0.3 is 17.7 Å². The molecule has 0 fully saturated rings. The van der Waals surface area contributed by atoms with Gasteiger partial charge in [-0.3, -0.25) is 4.98 Å². The van der Waals surface area contributed by atoms with Gasteiger partial charge in [0.15, 0.2) is 0 Å². The lowest BCUT2D eigenvalue weighted by Gasteiger charge is -2.32. The number of allylic oxidation sites excluding steroid dienone is 1. The molecule has 0 radical (unpaired) electrons. The molecular formula is C36H38N4O6. The third kappa shape index (κ3) is 4.62. The van der Waals surface area contributed by atoms with Gasteiger partial charge in [-0.1, -0.05) is 26.5 Å². The van der Waals surface area contributed by atoms with Crippen LogP contribution in [0.1, 0.15) is 103 Å². The van der Waals surface area contributed by atoms with Gasteiger partial charge in [0.1, 0.15) is 5.78 Å². The van der Waals surface area contributed by atoms with Gasteiger partial charge in [0.05, 0.1) is 35.3 Å². The number of aromatic amines is 2. The maximum atomic E-state index is 13.5. The first-order valence-corrected chi connectivity index (χ1v) is 15.5. The fourth-order valence-corrected chi connectivity index (χ4v) is 7.03. The summed E-state index contributed by atoms with van der Waals surface area (Å²) in [6, 6.07) is 5.90. The standard InChI is InChI=1S/C36H38N4O6/c1-9-21-17(4)24-13-26-19(6)23(12-11-16(3)41)32(39-26)31-33-30(34(42)46-36(31,44)35(43)45-8)20(7)27(40-33)15-29-22(10-2)18(5)25(38-29)14-28(21)37-24/h9,13-15,19,23,37-38,44H,1,10-12H2,2-8H3/t19-,23-,36-/m0/s1. The number of Topliss-reactive ketones (excluding diaryl/α,β-unsaturated/α-hetero) is 1. The molecule has 3 N–H and O–H groups in total. The molecule has 3 aromatic rings. The van der Waals surface area contributed by atoms with Crippen molar-refractivity contribution in [2.24, 2.45) is 0 Å². The Morgan fingerprint density at radius 2 is 1.78 bits per heavy atom. The van der Waals surface area contributed by atoms with E-state index < -0.39 is 23.6 Å². The summed E-state index contributed by atoms with van der Waals surface area (Å²) in [5.74, 6) is -5.52. The lowest BCUT2D eigenvalue weighted by molar-refractivity contribution is -0.228. The number of methoxy groups -OCH3 is 1. The molecule has 238 valence electrons. The van der Waals surface area contributed by atoms with Gasteiger partial charge < -0.3 is 29.3 Å². The predicted molar refractivity (Wildman–Crippen MR) is 176 cm³/mol. The summed E-state index contributed by atoms with van der Waals surface area (Å²) in [6.07, 6.45) is 3.20. The van der Waals surface area contributed by atoms with E-state index in [1.54, 1.807) is 6.92 Å². The number of aromatic nitrogens is 4. The van der Waals surface area contributed by atoms with E-state index in [0.29, 0.717) is 29.1 Å². The number of nitrogens with one attached hydrogen (secondary N) is 2. The maximum Gasteiger partial charge on any atom is 0.384 e. The zero-order valence-electron chi connectivity index (χ0n) is 27.2. The van der Waals surface area contributed by atoms with E-state index >= 15 is 0 Å². The minimum atomic E-state index is -2.80. The molecule has 0 aromatic carbocycles. The highest BCUT2D eigenvalue weighted by Gasteiger charge is 2.55. The van der Waals surface area contributed by atoms with Gasteiger partial charge in [0.25, 0.3) is 0 Å². The second-order valence-corrected chi connectivity index (χ2v) is 12.3. The van der Waals surface area contributed by atoms with Crippen LogP contribution in [0.3, 0.4) is 0 Å². The average Bonchev–Trinajstić information content (AvgIpc) is 3.68. The minimum absolute atomic E-state index is 0.00583. The van der Waals surface area contributed by atoms with E-state index in [9.17, 15) is 19.5 Å². The van der Waals surface area contributed by atoms with E-state index in [-0.39, 0.29) is 35.0 Å². The normalized spacial score (nSPS) is 20.5. The topological polar surface area (TPSA) is 147 Å². The molecule has 6 heterocycles. The molecule has 0 aliphatic carbocycles. The average molecular weight is 623 g/mol. The third-order valence-corrected chi connectivity index (χ3v) is 9.68. The first kappa shape index (κ1) is 31.2. The molecule has 10 heteroatoms. The van der Waals surface area contributed by atoms with Crippen LogP contribution in [0.25, 0.3) is 39.3 Å². The first-order valence-electron chi connectivity index (χ1n) is 15.5. The van der Waals surface area contributed by atoms with Gasteiger partial charge in [-0.05, 0) is 81.0 Å². The Bertz CT molecular complexity index is 2070. The number of hydrogen-bond acceptors (Lipinski definition) is 8. The highest BCUT2D eigenvalue weighted by atomic mass is 16.7.